The maximum atomic E-state index is 10.4. The zero-order chi connectivity index (χ0) is 14.1. The quantitative estimate of drug-likeness (QED) is 0.710. The Morgan fingerprint density at radius 2 is 2.00 bits per heavy atom. The summed E-state index contributed by atoms with van der Waals surface area (Å²) in [6.45, 7) is 1.96. The summed E-state index contributed by atoms with van der Waals surface area (Å²) in [6, 6.07) is 14.0. The highest BCUT2D eigenvalue weighted by Gasteiger charge is 2.12. The highest BCUT2D eigenvalue weighted by atomic mass is 35.5. The van der Waals surface area contributed by atoms with Crippen molar-refractivity contribution in [2.75, 3.05) is 0 Å². The topological polar surface area (TPSA) is 20.2 Å². The largest absolute Gasteiger partial charge is 0.388 e. The molecule has 1 nitrogen and oxygen atoms in total. The van der Waals surface area contributed by atoms with E-state index in [1.807, 2.05) is 37.3 Å². The molecular formula is C17H15ClOS. The summed E-state index contributed by atoms with van der Waals surface area (Å²) in [6.07, 6.45) is 0.134. The lowest BCUT2D eigenvalue weighted by Crippen LogP contribution is -2.01. The van der Waals surface area contributed by atoms with Gasteiger partial charge in [-0.2, -0.15) is 0 Å². The van der Waals surface area contributed by atoms with Crippen LogP contribution in [0.15, 0.2) is 47.8 Å². The van der Waals surface area contributed by atoms with Crippen molar-refractivity contribution in [1.82, 2.24) is 0 Å². The van der Waals surface area contributed by atoms with Crippen LogP contribution in [0.2, 0.25) is 5.02 Å². The summed E-state index contributed by atoms with van der Waals surface area (Å²) in [4.78, 5) is 0. The summed E-state index contributed by atoms with van der Waals surface area (Å²) in [5, 5.41) is 14.5. The minimum absolute atomic E-state index is 0.496. The van der Waals surface area contributed by atoms with Crippen molar-refractivity contribution in [3.05, 3.63) is 69.6 Å². The van der Waals surface area contributed by atoms with Crippen molar-refractivity contribution in [3.63, 3.8) is 0 Å². The zero-order valence-electron chi connectivity index (χ0n) is 11.1. The van der Waals surface area contributed by atoms with Gasteiger partial charge in [0.25, 0.3) is 0 Å². The van der Waals surface area contributed by atoms with Crippen molar-refractivity contribution in [2.45, 2.75) is 19.4 Å². The number of aliphatic hydroxyl groups is 1. The van der Waals surface area contributed by atoms with E-state index in [0.717, 1.165) is 16.1 Å². The second-order valence-corrected chi connectivity index (χ2v) is 6.30. The van der Waals surface area contributed by atoms with Crippen LogP contribution >= 0.6 is 22.9 Å². The van der Waals surface area contributed by atoms with E-state index in [4.69, 9.17) is 11.6 Å². The van der Waals surface area contributed by atoms with Crippen LogP contribution in [0.3, 0.4) is 0 Å². The lowest BCUT2D eigenvalue weighted by molar-refractivity contribution is 0.179. The molecule has 3 rings (SSSR count). The van der Waals surface area contributed by atoms with Gasteiger partial charge in [0.2, 0.25) is 0 Å². The number of aliphatic hydroxyl groups excluding tert-OH is 1. The number of fused-ring (bicyclic) bond motifs is 1. The summed E-state index contributed by atoms with van der Waals surface area (Å²) < 4.78 is 1.27. The third kappa shape index (κ3) is 2.59. The number of halogens is 1. The Morgan fingerprint density at radius 1 is 1.20 bits per heavy atom. The van der Waals surface area contributed by atoms with E-state index in [1.165, 1.54) is 15.6 Å². The van der Waals surface area contributed by atoms with Gasteiger partial charge in [0.15, 0.2) is 0 Å². The fourth-order valence-electron chi connectivity index (χ4n) is 2.39. The summed E-state index contributed by atoms with van der Waals surface area (Å²) >= 11 is 7.75. The van der Waals surface area contributed by atoms with Crippen molar-refractivity contribution in [3.8, 4) is 0 Å². The van der Waals surface area contributed by atoms with Crippen LogP contribution in [0.25, 0.3) is 10.1 Å². The number of aryl methyl sites for hydroxylation is 1. The Balaban J connectivity index is 1.88. The van der Waals surface area contributed by atoms with Gasteiger partial charge in [0.05, 0.1) is 6.10 Å². The van der Waals surface area contributed by atoms with Crippen molar-refractivity contribution < 1.29 is 5.11 Å². The first-order valence-electron chi connectivity index (χ1n) is 6.54. The monoisotopic (exact) mass is 302 g/mol. The molecule has 2 aromatic carbocycles. The van der Waals surface area contributed by atoms with E-state index in [2.05, 4.69) is 17.5 Å². The Labute approximate surface area is 127 Å². The highest BCUT2D eigenvalue weighted by Crippen LogP contribution is 2.30. The average Bonchev–Trinajstić information content (AvgIpc) is 2.85. The maximum Gasteiger partial charge on any atom is 0.0831 e. The Bertz CT molecular complexity index is 748. The van der Waals surface area contributed by atoms with Crippen LogP contribution in [0.1, 0.15) is 22.8 Å². The maximum absolute atomic E-state index is 10.4. The molecule has 0 saturated heterocycles. The molecule has 1 aromatic heterocycles. The first-order valence-corrected chi connectivity index (χ1v) is 7.80. The van der Waals surface area contributed by atoms with Gasteiger partial charge >= 0.3 is 0 Å². The van der Waals surface area contributed by atoms with Crippen molar-refractivity contribution >= 4 is 33.0 Å². The van der Waals surface area contributed by atoms with Gasteiger partial charge in [0.1, 0.15) is 0 Å². The molecule has 3 aromatic rings. The third-order valence-corrected chi connectivity index (χ3v) is 4.98. The standard InChI is InChI=1S/C17H15ClOS/c1-11-8-12(6-7-15(11)18)16(19)9-13-10-20-17-5-3-2-4-14(13)17/h2-8,10,16,19H,9H2,1H3. The smallest absolute Gasteiger partial charge is 0.0831 e. The molecule has 1 N–H and O–H groups in total. The molecule has 1 atom stereocenters. The lowest BCUT2D eigenvalue weighted by Gasteiger charge is -2.12. The average molecular weight is 303 g/mol. The van der Waals surface area contributed by atoms with Gasteiger partial charge in [-0.25, -0.2) is 0 Å². The zero-order valence-corrected chi connectivity index (χ0v) is 12.7. The number of hydrogen-bond acceptors (Lipinski definition) is 2. The van der Waals surface area contributed by atoms with Gasteiger partial charge in [0, 0.05) is 16.1 Å². The highest BCUT2D eigenvalue weighted by molar-refractivity contribution is 7.17. The Hall–Kier alpha value is -1.35. The van der Waals surface area contributed by atoms with Crippen molar-refractivity contribution in [2.24, 2.45) is 0 Å². The molecule has 0 aliphatic heterocycles. The normalized spacial score (nSPS) is 12.8. The van der Waals surface area contributed by atoms with E-state index < -0.39 is 6.10 Å². The third-order valence-electron chi connectivity index (χ3n) is 3.54. The molecule has 0 fully saturated rings. The van der Waals surface area contributed by atoms with E-state index in [-0.39, 0.29) is 0 Å². The molecule has 1 unspecified atom stereocenters. The van der Waals surface area contributed by atoms with Crippen LogP contribution in [0.5, 0.6) is 0 Å². The van der Waals surface area contributed by atoms with Crippen LogP contribution in [0, 0.1) is 6.92 Å². The molecule has 0 radical (unpaired) electrons. The minimum Gasteiger partial charge on any atom is -0.388 e. The van der Waals surface area contributed by atoms with E-state index in [1.54, 1.807) is 11.3 Å². The molecule has 0 amide bonds. The molecule has 20 heavy (non-hydrogen) atoms. The van der Waals surface area contributed by atoms with Gasteiger partial charge in [-0.3, -0.25) is 0 Å². The van der Waals surface area contributed by atoms with Crippen LogP contribution in [0.4, 0.5) is 0 Å². The van der Waals surface area contributed by atoms with Crippen LogP contribution in [-0.2, 0) is 6.42 Å². The number of hydrogen-bond donors (Lipinski definition) is 1. The lowest BCUT2D eigenvalue weighted by atomic mass is 10.00. The molecule has 1 heterocycles. The summed E-state index contributed by atoms with van der Waals surface area (Å²) in [5.41, 5.74) is 3.12. The number of benzene rings is 2. The first kappa shape index (κ1) is 13.6. The van der Waals surface area contributed by atoms with Gasteiger partial charge in [-0.15, -0.1) is 11.3 Å². The molecule has 0 saturated carbocycles. The molecule has 102 valence electrons. The molecule has 0 aliphatic carbocycles. The van der Waals surface area contributed by atoms with Crippen LogP contribution < -0.4 is 0 Å². The molecule has 0 spiro atoms. The Kier molecular flexibility index (Phi) is 3.79. The predicted molar refractivity (Wildman–Crippen MR) is 86.7 cm³/mol. The van der Waals surface area contributed by atoms with Crippen LogP contribution in [-0.4, -0.2) is 5.11 Å². The van der Waals surface area contributed by atoms with E-state index in [0.29, 0.717) is 6.42 Å². The molecule has 3 heteroatoms. The number of rotatable bonds is 3. The summed E-state index contributed by atoms with van der Waals surface area (Å²) in [7, 11) is 0. The molecule has 0 aliphatic rings. The second kappa shape index (κ2) is 5.57. The molecule has 0 bridgehead atoms. The Morgan fingerprint density at radius 3 is 2.80 bits per heavy atom. The number of thiophene rings is 1. The first-order chi connectivity index (χ1) is 9.65. The summed E-state index contributed by atoms with van der Waals surface area (Å²) in [5.74, 6) is 0. The van der Waals surface area contributed by atoms with E-state index >= 15 is 0 Å². The van der Waals surface area contributed by atoms with E-state index in [9.17, 15) is 5.11 Å². The minimum atomic E-state index is -0.496. The van der Waals surface area contributed by atoms with Gasteiger partial charge in [-0.1, -0.05) is 41.9 Å². The fourth-order valence-corrected chi connectivity index (χ4v) is 3.49. The van der Waals surface area contributed by atoms with Crippen molar-refractivity contribution in [1.29, 1.82) is 0 Å². The molecular weight excluding hydrogens is 288 g/mol. The SMILES string of the molecule is Cc1cc(C(O)Cc2csc3ccccc23)ccc1Cl. The second-order valence-electron chi connectivity index (χ2n) is 4.99. The van der Waals surface area contributed by atoms with Gasteiger partial charge in [-0.05, 0) is 46.5 Å². The van der Waals surface area contributed by atoms with Gasteiger partial charge < -0.3 is 5.11 Å². The predicted octanol–water partition coefficient (Wildman–Crippen LogP) is 5.14. The fraction of sp³-hybridized carbons (Fsp3) is 0.176.